The van der Waals surface area contributed by atoms with Crippen LogP contribution in [0.1, 0.15) is 55.7 Å². The van der Waals surface area contributed by atoms with Gasteiger partial charge in [-0.1, -0.05) is 25.1 Å². The van der Waals surface area contributed by atoms with Gasteiger partial charge in [0.05, 0.1) is 0 Å². The van der Waals surface area contributed by atoms with E-state index in [-0.39, 0.29) is 11.8 Å². The molecule has 5 nitrogen and oxygen atoms in total. The van der Waals surface area contributed by atoms with E-state index in [9.17, 15) is 9.59 Å². The number of rotatable bonds is 7. The maximum Gasteiger partial charge on any atom is 0.261 e. The van der Waals surface area contributed by atoms with E-state index in [0.717, 1.165) is 42.8 Å². The quantitative estimate of drug-likeness (QED) is 0.751. The lowest BCUT2D eigenvalue weighted by Gasteiger charge is -2.21. The summed E-state index contributed by atoms with van der Waals surface area (Å²) >= 11 is 0. The second-order valence-electron chi connectivity index (χ2n) is 8.19. The minimum absolute atomic E-state index is 0.113. The van der Waals surface area contributed by atoms with E-state index in [1.54, 1.807) is 0 Å². The van der Waals surface area contributed by atoms with Crippen molar-refractivity contribution in [2.75, 3.05) is 11.4 Å². The molecule has 2 amide bonds. The van der Waals surface area contributed by atoms with Crippen LogP contribution in [0.25, 0.3) is 0 Å². The zero-order valence-electron chi connectivity index (χ0n) is 17.7. The Kier molecular flexibility index (Phi) is 6.36. The predicted octanol–water partition coefficient (Wildman–Crippen LogP) is 4.17. The molecule has 5 heteroatoms. The van der Waals surface area contributed by atoms with Gasteiger partial charge in [-0.2, -0.15) is 0 Å². The Morgan fingerprint density at radius 3 is 2.67 bits per heavy atom. The van der Waals surface area contributed by atoms with E-state index >= 15 is 0 Å². The largest absolute Gasteiger partial charge is 0.481 e. The third-order valence-corrected chi connectivity index (χ3v) is 6.02. The average Bonchev–Trinajstić information content (AvgIpc) is 3.21. The molecule has 0 spiro atoms. The molecule has 1 aliphatic heterocycles. The molecule has 1 heterocycles. The summed E-state index contributed by atoms with van der Waals surface area (Å²) in [5.74, 6) is 0.825. The minimum Gasteiger partial charge on any atom is -0.481 e. The van der Waals surface area contributed by atoms with Crippen molar-refractivity contribution in [3.63, 3.8) is 0 Å². The van der Waals surface area contributed by atoms with Crippen LogP contribution in [0.2, 0.25) is 0 Å². The number of hydrogen-bond acceptors (Lipinski definition) is 3. The molecule has 0 bridgehead atoms. The number of benzene rings is 2. The molecule has 1 aliphatic carbocycles. The van der Waals surface area contributed by atoms with Crippen LogP contribution in [0.4, 0.5) is 5.69 Å². The number of ether oxygens (including phenoxy) is 1. The first-order valence-corrected chi connectivity index (χ1v) is 11.1. The van der Waals surface area contributed by atoms with Gasteiger partial charge in [-0.15, -0.1) is 0 Å². The number of anilines is 1. The highest BCUT2D eigenvalue weighted by atomic mass is 16.5. The van der Waals surface area contributed by atoms with Gasteiger partial charge in [-0.05, 0) is 79.5 Å². The monoisotopic (exact) mass is 406 g/mol. The smallest absolute Gasteiger partial charge is 0.261 e. The zero-order chi connectivity index (χ0) is 20.9. The molecule has 1 fully saturated rings. The van der Waals surface area contributed by atoms with Crippen LogP contribution in [-0.4, -0.2) is 24.5 Å². The van der Waals surface area contributed by atoms with Crippen molar-refractivity contribution in [3.05, 3.63) is 59.2 Å². The van der Waals surface area contributed by atoms with E-state index in [1.165, 1.54) is 24.0 Å². The van der Waals surface area contributed by atoms with Crippen LogP contribution >= 0.6 is 0 Å². The number of fused-ring (bicyclic) bond motifs is 1. The molecule has 2 aromatic rings. The van der Waals surface area contributed by atoms with Gasteiger partial charge in [0.1, 0.15) is 5.75 Å². The summed E-state index contributed by atoms with van der Waals surface area (Å²) in [5, 5.41) is 2.99. The maximum absolute atomic E-state index is 12.7. The molecule has 0 aromatic heterocycles. The van der Waals surface area contributed by atoms with Gasteiger partial charge in [0, 0.05) is 25.2 Å². The number of nitrogens with zero attached hydrogens (tertiary/aromatic N) is 1. The summed E-state index contributed by atoms with van der Waals surface area (Å²) in [6, 6.07) is 14.0. The van der Waals surface area contributed by atoms with E-state index in [1.807, 2.05) is 42.2 Å². The first-order valence-electron chi connectivity index (χ1n) is 11.1. The Hall–Kier alpha value is -2.82. The molecule has 1 saturated heterocycles. The average molecular weight is 407 g/mol. The molecular weight excluding hydrogens is 376 g/mol. The van der Waals surface area contributed by atoms with Gasteiger partial charge < -0.3 is 15.0 Å². The maximum atomic E-state index is 12.7. The SMILES string of the molecule is CC[C@H](Oc1ccc2c(c1)CCCC2)C(=O)NCc1cccc(N2CCCC2=O)c1. The summed E-state index contributed by atoms with van der Waals surface area (Å²) < 4.78 is 6.03. The molecule has 0 saturated carbocycles. The summed E-state index contributed by atoms with van der Waals surface area (Å²) in [4.78, 5) is 26.5. The van der Waals surface area contributed by atoms with Gasteiger partial charge in [-0.3, -0.25) is 9.59 Å². The standard InChI is InChI=1S/C25H30N2O3/c1-2-23(30-22-13-12-19-8-3-4-9-20(19)16-22)25(29)26-17-18-7-5-10-21(15-18)27-14-6-11-24(27)28/h5,7,10,12-13,15-16,23H,2-4,6,8-9,11,14,17H2,1H3,(H,26,29)/t23-/m0/s1. The first-order chi connectivity index (χ1) is 14.6. The normalized spacial score (nSPS) is 16.8. The number of aryl methyl sites for hydroxylation is 2. The van der Waals surface area contributed by atoms with Crippen LogP contribution in [0.15, 0.2) is 42.5 Å². The Labute approximate surface area is 178 Å². The van der Waals surface area contributed by atoms with Crippen LogP contribution in [-0.2, 0) is 29.0 Å². The third kappa shape index (κ3) is 4.66. The van der Waals surface area contributed by atoms with Gasteiger partial charge in [0.2, 0.25) is 5.91 Å². The Bertz CT molecular complexity index is 924. The number of hydrogen-bond donors (Lipinski definition) is 1. The van der Waals surface area contributed by atoms with Crippen LogP contribution in [0.5, 0.6) is 5.75 Å². The molecule has 158 valence electrons. The van der Waals surface area contributed by atoms with E-state index in [4.69, 9.17) is 4.74 Å². The second kappa shape index (κ2) is 9.33. The molecule has 0 unspecified atom stereocenters. The van der Waals surface area contributed by atoms with Gasteiger partial charge in [0.25, 0.3) is 5.91 Å². The van der Waals surface area contributed by atoms with Crippen LogP contribution < -0.4 is 15.0 Å². The van der Waals surface area contributed by atoms with Crippen molar-refractivity contribution in [1.29, 1.82) is 0 Å². The van der Waals surface area contributed by atoms with Crippen LogP contribution in [0.3, 0.4) is 0 Å². The molecule has 1 atom stereocenters. The van der Waals surface area contributed by atoms with Gasteiger partial charge >= 0.3 is 0 Å². The molecule has 4 rings (SSSR count). The van der Waals surface area contributed by atoms with Gasteiger partial charge in [-0.25, -0.2) is 0 Å². The molecule has 2 aliphatic rings. The third-order valence-electron chi connectivity index (χ3n) is 6.02. The summed E-state index contributed by atoms with van der Waals surface area (Å²) in [6.07, 6.45) is 6.29. The fraction of sp³-hybridized carbons (Fsp3) is 0.440. The van der Waals surface area contributed by atoms with E-state index < -0.39 is 6.10 Å². The summed E-state index contributed by atoms with van der Waals surface area (Å²) in [6.45, 7) is 3.14. The minimum atomic E-state index is -0.519. The topological polar surface area (TPSA) is 58.6 Å². The number of carbonyl (C=O) groups excluding carboxylic acids is 2. The Morgan fingerprint density at radius 2 is 1.90 bits per heavy atom. The van der Waals surface area contributed by atoms with Crippen molar-refractivity contribution in [1.82, 2.24) is 5.32 Å². The van der Waals surface area contributed by atoms with E-state index in [0.29, 0.717) is 19.4 Å². The van der Waals surface area contributed by atoms with Gasteiger partial charge in [0.15, 0.2) is 6.10 Å². The highest BCUT2D eigenvalue weighted by molar-refractivity contribution is 5.95. The Morgan fingerprint density at radius 1 is 1.07 bits per heavy atom. The number of amides is 2. The lowest BCUT2D eigenvalue weighted by Crippen LogP contribution is -2.37. The van der Waals surface area contributed by atoms with Crippen molar-refractivity contribution >= 4 is 17.5 Å². The lowest BCUT2D eigenvalue weighted by molar-refractivity contribution is -0.128. The number of nitrogens with one attached hydrogen (secondary N) is 1. The molecule has 1 N–H and O–H groups in total. The van der Waals surface area contributed by atoms with Crippen molar-refractivity contribution in [2.45, 2.75) is 64.5 Å². The lowest BCUT2D eigenvalue weighted by atomic mass is 9.92. The highest BCUT2D eigenvalue weighted by Gasteiger charge is 2.22. The van der Waals surface area contributed by atoms with Crippen LogP contribution in [0, 0.1) is 0 Å². The molecular formula is C25H30N2O3. The molecule has 2 aromatic carbocycles. The van der Waals surface area contributed by atoms with Crippen molar-refractivity contribution in [3.8, 4) is 5.75 Å². The fourth-order valence-electron chi connectivity index (χ4n) is 4.33. The van der Waals surface area contributed by atoms with Crippen molar-refractivity contribution in [2.24, 2.45) is 0 Å². The van der Waals surface area contributed by atoms with E-state index in [2.05, 4.69) is 17.4 Å². The fourth-order valence-corrected chi connectivity index (χ4v) is 4.33. The number of carbonyl (C=O) groups is 2. The zero-order valence-corrected chi connectivity index (χ0v) is 17.7. The predicted molar refractivity (Wildman–Crippen MR) is 118 cm³/mol. The highest BCUT2D eigenvalue weighted by Crippen LogP contribution is 2.26. The van der Waals surface area contributed by atoms with Crippen molar-refractivity contribution < 1.29 is 14.3 Å². The second-order valence-corrected chi connectivity index (χ2v) is 8.19. The first kappa shape index (κ1) is 20.5. The summed E-state index contributed by atoms with van der Waals surface area (Å²) in [7, 11) is 0. The molecule has 0 radical (unpaired) electrons. The molecule has 30 heavy (non-hydrogen) atoms. The Balaban J connectivity index is 1.36. The summed E-state index contributed by atoms with van der Waals surface area (Å²) in [5.41, 5.74) is 4.63.